The quantitative estimate of drug-likeness (QED) is 0.673. The molecule has 0 aliphatic carbocycles. The summed E-state index contributed by atoms with van der Waals surface area (Å²) in [5.41, 5.74) is 5.64. The van der Waals surface area contributed by atoms with Gasteiger partial charge in [0.15, 0.2) is 0 Å². The maximum Gasteiger partial charge on any atom is 0.393 e. The number of anilines is 3. The molecule has 1 unspecified atom stereocenters. The molecule has 3 N–H and O–H groups in total. The molecule has 2 aromatic rings. The van der Waals surface area contributed by atoms with Gasteiger partial charge in [0.05, 0.1) is 5.92 Å². The summed E-state index contributed by atoms with van der Waals surface area (Å²) < 4.78 is 38.9. The molecule has 0 bridgehead atoms. The monoisotopic (exact) mass is 365 g/mol. The van der Waals surface area contributed by atoms with E-state index in [1.165, 1.54) is 0 Å². The minimum Gasteiger partial charge on any atom is -0.371 e. The van der Waals surface area contributed by atoms with Crippen molar-refractivity contribution in [2.24, 2.45) is 5.92 Å². The molecule has 1 heterocycles. The molecule has 0 radical (unpaired) electrons. The Hall–Kier alpha value is -2.25. The van der Waals surface area contributed by atoms with E-state index >= 15 is 0 Å². The van der Waals surface area contributed by atoms with Crippen LogP contribution in [0.3, 0.4) is 0 Å². The van der Waals surface area contributed by atoms with Gasteiger partial charge in [0, 0.05) is 36.7 Å². The van der Waals surface area contributed by atoms with Gasteiger partial charge in [-0.3, -0.25) is 0 Å². The van der Waals surface area contributed by atoms with Crippen LogP contribution in [0.4, 0.5) is 30.2 Å². The van der Waals surface area contributed by atoms with E-state index < -0.39 is 12.1 Å². The van der Waals surface area contributed by atoms with Crippen molar-refractivity contribution in [3.63, 3.8) is 0 Å². The smallest absolute Gasteiger partial charge is 0.371 e. The standard InChI is InChI=1S/C19H22F3N3O/c20-19(21,22)15-2-1-11-25(13-15)18-9-7-17(8-10-18)24-16-5-3-14(4-6-16)12-23-26/h3-10,15,23-24,26H,1-2,11-13H2. The number of nitrogens with one attached hydrogen (secondary N) is 2. The third-order valence-corrected chi connectivity index (χ3v) is 4.64. The highest BCUT2D eigenvalue weighted by atomic mass is 19.4. The first-order chi connectivity index (χ1) is 12.5. The first-order valence-corrected chi connectivity index (χ1v) is 8.60. The zero-order valence-corrected chi connectivity index (χ0v) is 14.3. The van der Waals surface area contributed by atoms with Crippen LogP contribution in [-0.2, 0) is 6.54 Å². The SMILES string of the molecule is ONCc1ccc(Nc2ccc(N3CCCC(C(F)(F)F)C3)cc2)cc1. The van der Waals surface area contributed by atoms with Gasteiger partial charge in [0.2, 0.25) is 0 Å². The predicted octanol–water partition coefficient (Wildman–Crippen LogP) is 4.69. The van der Waals surface area contributed by atoms with Crippen LogP contribution < -0.4 is 15.7 Å². The Balaban J connectivity index is 1.63. The van der Waals surface area contributed by atoms with Gasteiger partial charge in [-0.1, -0.05) is 12.1 Å². The Morgan fingerprint density at radius 2 is 1.62 bits per heavy atom. The van der Waals surface area contributed by atoms with Crippen LogP contribution in [-0.4, -0.2) is 24.5 Å². The lowest BCUT2D eigenvalue weighted by Crippen LogP contribution is -2.41. The fourth-order valence-electron chi connectivity index (χ4n) is 3.20. The molecule has 26 heavy (non-hydrogen) atoms. The summed E-state index contributed by atoms with van der Waals surface area (Å²) in [4.78, 5) is 1.81. The number of rotatable bonds is 5. The molecule has 140 valence electrons. The Morgan fingerprint density at radius 1 is 1.00 bits per heavy atom. The molecule has 0 aromatic heterocycles. The largest absolute Gasteiger partial charge is 0.393 e. The minimum atomic E-state index is -4.13. The van der Waals surface area contributed by atoms with Gasteiger partial charge >= 0.3 is 6.18 Å². The third-order valence-electron chi connectivity index (χ3n) is 4.64. The topological polar surface area (TPSA) is 47.5 Å². The van der Waals surface area contributed by atoms with Crippen LogP contribution in [0, 0.1) is 5.92 Å². The molecule has 3 rings (SSSR count). The Labute approximate surface area is 150 Å². The molecule has 4 nitrogen and oxygen atoms in total. The summed E-state index contributed by atoms with van der Waals surface area (Å²) in [6.45, 7) is 1.06. The van der Waals surface area contributed by atoms with Crippen LogP contribution in [0.15, 0.2) is 48.5 Å². The normalized spacial score (nSPS) is 18.0. The van der Waals surface area contributed by atoms with Crippen LogP contribution in [0.2, 0.25) is 0 Å². The van der Waals surface area contributed by atoms with Crippen LogP contribution >= 0.6 is 0 Å². The van der Waals surface area contributed by atoms with E-state index in [-0.39, 0.29) is 13.0 Å². The van der Waals surface area contributed by atoms with Crippen molar-refractivity contribution < 1.29 is 18.4 Å². The zero-order valence-electron chi connectivity index (χ0n) is 14.3. The van der Waals surface area contributed by atoms with Gasteiger partial charge in [-0.15, -0.1) is 0 Å². The second-order valence-corrected chi connectivity index (χ2v) is 6.53. The lowest BCUT2D eigenvalue weighted by Gasteiger charge is -2.35. The van der Waals surface area contributed by atoms with Gasteiger partial charge in [-0.25, -0.2) is 5.48 Å². The lowest BCUT2D eigenvalue weighted by molar-refractivity contribution is -0.175. The van der Waals surface area contributed by atoms with Gasteiger partial charge in [-0.05, 0) is 54.8 Å². The van der Waals surface area contributed by atoms with Crippen LogP contribution in [0.25, 0.3) is 0 Å². The highest BCUT2D eigenvalue weighted by Crippen LogP contribution is 2.35. The number of benzene rings is 2. The van der Waals surface area contributed by atoms with Crippen molar-refractivity contribution in [1.82, 2.24) is 5.48 Å². The molecular formula is C19H22F3N3O. The summed E-state index contributed by atoms with van der Waals surface area (Å²) in [7, 11) is 0. The molecule has 1 atom stereocenters. The second kappa shape index (κ2) is 7.97. The molecular weight excluding hydrogens is 343 g/mol. The number of hydroxylamine groups is 1. The first kappa shape index (κ1) is 18.5. The van der Waals surface area contributed by atoms with E-state index in [4.69, 9.17) is 5.21 Å². The Kier molecular flexibility index (Phi) is 5.68. The summed E-state index contributed by atoms with van der Waals surface area (Å²) in [6, 6.07) is 15.0. The average molecular weight is 365 g/mol. The molecule has 1 saturated heterocycles. The molecule has 1 fully saturated rings. The second-order valence-electron chi connectivity index (χ2n) is 6.53. The fraction of sp³-hybridized carbons (Fsp3) is 0.368. The number of nitrogens with zero attached hydrogens (tertiary/aromatic N) is 1. The Morgan fingerprint density at radius 3 is 2.19 bits per heavy atom. The molecule has 1 aliphatic heterocycles. The summed E-state index contributed by atoms with van der Waals surface area (Å²) in [5.74, 6) is -1.25. The maximum absolute atomic E-state index is 13.0. The van der Waals surface area contributed by atoms with E-state index in [0.29, 0.717) is 19.5 Å². The van der Waals surface area contributed by atoms with Crippen LogP contribution in [0.1, 0.15) is 18.4 Å². The highest BCUT2D eigenvalue weighted by molar-refractivity contribution is 5.63. The van der Waals surface area contributed by atoms with Crippen molar-refractivity contribution in [2.45, 2.75) is 25.6 Å². The third kappa shape index (κ3) is 4.68. The van der Waals surface area contributed by atoms with Gasteiger partial charge in [-0.2, -0.15) is 13.2 Å². The van der Waals surface area contributed by atoms with Crippen molar-refractivity contribution in [3.8, 4) is 0 Å². The highest BCUT2D eigenvalue weighted by Gasteiger charge is 2.41. The van der Waals surface area contributed by atoms with E-state index in [0.717, 1.165) is 22.6 Å². The summed E-state index contributed by atoms with van der Waals surface area (Å²) >= 11 is 0. The number of piperidine rings is 1. The van der Waals surface area contributed by atoms with Crippen molar-refractivity contribution in [3.05, 3.63) is 54.1 Å². The molecule has 0 amide bonds. The summed E-state index contributed by atoms with van der Waals surface area (Å²) in [5, 5.41) is 11.9. The summed E-state index contributed by atoms with van der Waals surface area (Å²) in [6.07, 6.45) is -3.36. The maximum atomic E-state index is 13.0. The van der Waals surface area contributed by atoms with Crippen LogP contribution in [0.5, 0.6) is 0 Å². The van der Waals surface area contributed by atoms with Crippen molar-refractivity contribution >= 4 is 17.1 Å². The lowest BCUT2D eigenvalue weighted by atomic mass is 9.97. The van der Waals surface area contributed by atoms with Gasteiger partial charge in [0.25, 0.3) is 0 Å². The molecule has 1 aliphatic rings. The minimum absolute atomic E-state index is 0.0244. The van der Waals surface area contributed by atoms with E-state index in [9.17, 15) is 13.2 Å². The number of halogens is 3. The van der Waals surface area contributed by atoms with E-state index in [1.807, 2.05) is 53.4 Å². The van der Waals surface area contributed by atoms with Crippen molar-refractivity contribution in [1.29, 1.82) is 0 Å². The van der Waals surface area contributed by atoms with Gasteiger partial charge in [0.1, 0.15) is 0 Å². The number of hydrogen-bond donors (Lipinski definition) is 3. The molecule has 0 saturated carbocycles. The molecule has 7 heteroatoms. The Bertz CT molecular complexity index is 701. The molecule has 2 aromatic carbocycles. The fourth-order valence-corrected chi connectivity index (χ4v) is 3.20. The predicted molar refractivity (Wildman–Crippen MR) is 95.8 cm³/mol. The first-order valence-electron chi connectivity index (χ1n) is 8.60. The number of alkyl halides is 3. The van der Waals surface area contributed by atoms with Crippen molar-refractivity contribution in [2.75, 3.05) is 23.3 Å². The van der Waals surface area contributed by atoms with Gasteiger partial charge < -0.3 is 15.4 Å². The molecule has 0 spiro atoms. The van der Waals surface area contributed by atoms with E-state index in [1.54, 1.807) is 0 Å². The average Bonchev–Trinajstić information content (AvgIpc) is 2.64. The zero-order chi connectivity index (χ0) is 18.6. The number of hydrogen-bond acceptors (Lipinski definition) is 4. The van der Waals surface area contributed by atoms with E-state index in [2.05, 4.69) is 10.8 Å².